The standard InChI is InChI=1S/2C4H10O.2C3H6O/c2*1-3-5-4-2;2*1-3(2)4/h2*3-4H2,1-2H3;2*1-2H3. The van der Waals surface area contributed by atoms with Crippen molar-refractivity contribution >= 4 is 11.6 Å². The number of hydrogen-bond donors (Lipinski definition) is 0. The zero-order valence-electron chi connectivity index (χ0n) is 13.5. The Hall–Kier alpha value is -0.740. The highest BCUT2D eigenvalue weighted by atomic mass is 16.5. The van der Waals surface area contributed by atoms with E-state index in [0.717, 1.165) is 26.4 Å². The minimum Gasteiger partial charge on any atom is -0.382 e. The molecule has 0 aromatic carbocycles. The van der Waals surface area contributed by atoms with Crippen LogP contribution in [0.2, 0.25) is 0 Å². The second kappa shape index (κ2) is 29.9. The molecule has 0 fully saturated rings. The molecule has 0 N–H and O–H groups in total. The van der Waals surface area contributed by atoms with Crippen LogP contribution in [-0.2, 0) is 19.1 Å². The molecule has 4 heteroatoms. The van der Waals surface area contributed by atoms with Gasteiger partial charge in [0.1, 0.15) is 11.6 Å². The molecule has 0 aromatic heterocycles. The zero-order valence-corrected chi connectivity index (χ0v) is 13.5. The molecular weight excluding hydrogens is 232 g/mol. The van der Waals surface area contributed by atoms with Crippen LogP contribution in [0, 0.1) is 0 Å². The molecule has 0 radical (unpaired) electrons. The maximum Gasteiger partial charge on any atom is 0.126 e. The lowest BCUT2D eigenvalue weighted by atomic mass is 10.6. The van der Waals surface area contributed by atoms with E-state index < -0.39 is 0 Å². The quantitative estimate of drug-likeness (QED) is 0.782. The first kappa shape index (κ1) is 26.0. The highest BCUT2D eigenvalue weighted by Crippen LogP contribution is 1.65. The molecule has 0 unspecified atom stereocenters. The summed E-state index contributed by atoms with van der Waals surface area (Å²) >= 11 is 0. The van der Waals surface area contributed by atoms with Gasteiger partial charge in [-0.2, -0.15) is 0 Å². The van der Waals surface area contributed by atoms with Crippen molar-refractivity contribution in [1.82, 2.24) is 0 Å². The molecule has 112 valence electrons. The Labute approximate surface area is 113 Å². The van der Waals surface area contributed by atoms with Gasteiger partial charge in [-0.25, -0.2) is 0 Å². The predicted octanol–water partition coefficient (Wildman–Crippen LogP) is 3.28. The third kappa shape index (κ3) is 292. The van der Waals surface area contributed by atoms with Crippen molar-refractivity contribution in [3.05, 3.63) is 0 Å². The summed E-state index contributed by atoms with van der Waals surface area (Å²) in [5.41, 5.74) is 0. The van der Waals surface area contributed by atoms with Gasteiger partial charge in [0.05, 0.1) is 0 Å². The van der Waals surface area contributed by atoms with Crippen molar-refractivity contribution in [3.8, 4) is 0 Å². The van der Waals surface area contributed by atoms with Crippen LogP contribution in [0.1, 0.15) is 55.4 Å². The number of ether oxygens (including phenoxy) is 2. The van der Waals surface area contributed by atoms with E-state index in [1.165, 1.54) is 27.7 Å². The van der Waals surface area contributed by atoms with Gasteiger partial charge in [-0.05, 0) is 55.4 Å². The van der Waals surface area contributed by atoms with Gasteiger partial charge in [-0.15, -0.1) is 0 Å². The smallest absolute Gasteiger partial charge is 0.126 e. The van der Waals surface area contributed by atoms with Crippen molar-refractivity contribution in [1.29, 1.82) is 0 Å². The van der Waals surface area contributed by atoms with Gasteiger partial charge in [0, 0.05) is 26.4 Å². The minimum absolute atomic E-state index is 0.167. The van der Waals surface area contributed by atoms with Crippen molar-refractivity contribution in [2.75, 3.05) is 26.4 Å². The zero-order chi connectivity index (χ0) is 15.4. The van der Waals surface area contributed by atoms with Crippen LogP contribution in [0.15, 0.2) is 0 Å². The van der Waals surface area contributed by atoms with Gasteiger partial charge in [-0.3, -0.25) is 0 Å². The molecule has 0 saturated carbocycles. The van der Waals surface area contributed by atoms with E-state index in [4.69, 9.17) is 9.47 Å². The maximum atomic E-state index is 9.44. The first-order chi connectivity index (χ1) is 8.29. The minimum atomic E-state index is 0.167. The van der Waals surface area contributed by atoms with E-state index in [9.17, 15) is 9.59 Å². The van der Waals surface area contributed by atoms with E-state index in [1.807, 2.05) is 27.7 Å². The molecule has 0 aliphatic rings. The average Bonchev–Trinajstić information content (AvgIpc) is 2.19. The normalized spacial score (nSPS) is 7.56. The number of carbonyl (C=O) groups excluding carboxylic acids is 2. The summed E-state index contributed by atoms with van der Waals surface area (Å²) in [4.78, 5) is 18.9. The number of ketones is 2. The third-order valence-electron chi connectivity index (χ3n) is 0.816. The Morgan fingerprint density at radius 1 is 0.611 bits per heavy atom. The average molecular weight is 264 g/mol. The summed E-state index contributed by atoms with van der Waals surface area (Å²) < 4.78 is 9.67. The Morgan fingerprint density at radius 2 is 0.722 bits per heavy atom. The fraction of sp³-hybridized carbons (Fsp3) is 0.857. The van der Waals surface area contributed by atoms with Crippen molar-refractivity contribution in [2.45, 2.75) is 55.4 Å². The Balaban J connectivity index is -0.0000000731. The molecule has 0 bridgehead atoms. The molecule has 0 atom stereocenters. The van der Waals surface area contributed by atoms with Gasteiger partial charge in [0.25, 0.3) is 0 Å². The summed E-state index contributed by atoms with van der Waals surface area (Å²) in [6.45, 7) is 17.4. The molecule has 0 rings (SSSR count). The predicted molar refractivity (Wildman–Crippen MR) is 77.0 cm³/mol. The number of carbonyl (C=O) groups is 2. The van der Waals surface area contributed by atoms with Gasteiger partial charge >= 0.3 is 0 Å². The second-order valence-corrected chi connectivity index (χ2v) is 3.38. The van der Waals surface area contributed by atoms with Crippen molar-refractivity contribution < 1.29 is 19.1 Å². The maximum absolute atomic E-state index is 9.44. The Kier molecular flexibility index (Phi) is 43.1. The molecule has 18 heavy (non-hydrogen) atoms. The molecule has 0 heterocycles. The van der Waals surface area contributed by atoms with Gasteiger partial charge in [0.2, 0.25) is 0 Å². The van der Waals surface area contributed by atoms with Gasteiger partial charge < -0.3 is 19.1 Å². The summed E-state index contributed by atoms with van der Waals surface area (Å²) in [6, 6.07) is 0. The topological polar surface area (TPSA) is 52.6 Å². The third-order valence-corrected chi connectivity index (χ3v) is 0.816. The summed E-state index contributed by atoms with van der Waals surface area (Å²) in [5, 5.41) is 0. The van der Waals surface area contributed by atoms with Crippen LogP contribution in [-0.4, -0.2) is 38.0 Å². The monoisotopic (exact) mass is 264 g/mol. The SMILES string of the molecule is CC(C)=O.CC(C)=O.CCOCC.CCOCC. The van der Waals surface area contributed by atoms with E-state index >= 15 is 0 Å². The van der Waals surface area contributed by atoms with E-state index in [1.54, 1.807) is 0 Å². The van der Waals surface area contributed by atoms with Crippen LogP contribution < -0.4 is 0 Å². The fourth-order valence-electron chi connectivity index (χ4n) is 0.408. The first-order valence-electron chi connectivity index (χ1n) is 6.39. The lowest BCUT2D eigenvalue weighted by molar-refractivity contribution is -0.115. The van der Waals surface area contributed by atoms with Crippen LogP contribution in [0.5, 0.6) is 0 Å². The molecule has 0 aliphatic carbocycles. The lowest BCUT2D eigenvalue weighted by Gasteiger charge is -1.86. The van der Waals surface area contributed by atoms with Crippen LogP contribution in [0.4, 0.5) is 0 Å². The fourth-order valence-corrected chi connectivity index (χ4v) is 0.408. The lowest BCUT2D eigenvalue weighted by Crippen LogP contribution is -1.84. The Bertz CT molecular complexity index is 126. The second-order valence-electron chi connectivity index (χ2n) is 3.38. The Morgan fingerprint density at radius 3 is 0.722 bits per heavy atom. The van der Waals surface area contributed by atoms with E-state index in [2.05, 4.69) is 0 Å². The van der Waals surface area contributed by atoms with Gasteiger partial charge in [0.15, 0.2) is 0 Å². The molecule has 0 spiro atoms. The van der Waals surface area contributed by atoms with Crippen LogP contribution in [0.3, 0.4) is 0 Å². The molecule has 4 nitrogen and oxygen atoms in total. The first-order valence-corrected chi connectivity index (χ1v) is 6.39. The number of rotatable bonds is 4. The summed E-state index contributed by atoms with van der Waals surface area (Å²) in [6.07, 6.45) is 0. The molecule has 0 aromatic rings. The molecule has 0 amide bonds. The van der Waals surface area contributed by atoms with Crippen molar-refractivity contribution in [2.24, 2.45) is 0 Å². The largest absolute Gasteiger partial charge is 0.382 e. The molecule has 0 saturated heterocycles. The van der Waals surface area contributed by atoms with E-state index in [0.29, 0.717) is 0 Å². The summed E-state index contributed by atoms with van der Waals surface area (Å²) in [5.74, 6) is 0.333. The van der Waals surface area contributed by atoms with Crippen molar-refractivity contribution in [3.63, 3.8) is 0 Å². The number of Topliss-reactive ketones (excluding diaryl/α,β-unsaturated/α-hetero) is 2. The van der Waals surface area contributed by atoms with E-state index in [-0.39, 0.29) is 11.6 Å². The number of hydrogen-bond acceptors (Lipinski definition) is 4. The van der Waals surface area contributed by atoms with Crippen LogP contribution in [0.25, 0.3) is 0 Å². The highest BCUT2D eigenvalue weighted by Gasteiger charge is 1.64. The summed E-state index contributed by atoms with van der Waals surface area (Å²) in [7, 11) is 0. The molecule has 0 aliphatic heterocycles. The highest BCUT2D eigenvalue weighted by molar-refractivity contribution is 5.72. The molecular formula is C14H32O4. The van der Waals surface area contributed by atoms with Gasteiger partial charge in [-0.1, -0.05) is 0 Å². The van der Waals surface area contributed by atoms with Crippen LogP contribution >= 0.6 is 0 Å².